The summed E-state index contributed by atoms with van der Waals surface area (Å²) in [6, 6.07) is 13.2. The van der Waals surface area contributed by atoms with Crippen LogP contribution < -0.4 is 10.6 Å². The number of anilines is 1. The number of hydrogen-bond acceptors (Lipinski definition) is 2. The quantitative estimate of drug-likeness (QED) is 0.813. The standard InChI is InChI=1S/C18H19FN2OS/c1-3-12(2)13-6-10-16(11-7-13)20-18(23)21-17(22)14-4-8-15(19)9-5-14/h4-12H,3H2,1-2H3,(H2,20,21,22,23). The van der Waals surface area contributed by atoms with E-state index in [9.17, 15) is 9.18 Å². The molecule has 0 saturated carbocycles. The van der Waals surface area contributed by atoms with Crippen molar-refractivity contribution in [2.75, 3.05) is 5.32 Å². The van der Waals surface area contributed by atoms with Gasteiger partial charge in [0.15, 0.2) is 5.11 Å². The third kappa shape index (κ3) is 4.86. The van der Waals surface area contributed by atoms with E-state index in [1.807, 2.05) is 24.3 Å². The summed E-state index contributed by atoms with van der Waals surface area (Å²) in [5, 5.41) is 5.74. The monoisotopic (exact) mass is 330 g/mol. The number of carbonyl (C=O) groups excluding carboxylic acids is 1. The average Bonchev–Trinajstić information content (AvgIpc) is 2.55. The number of thiocarbonyl (C=S) groups is 1. The predicted octanol–water partition coefficient (Wildman–Crippen LogP) is 4.47. The van der Waals surface area contributed by atoms with Crippen molar-refractivity contribution in [1.82, 2.24) is 5.32 Å². The Bertz CT molecular complexity index is 683. The van der Waals surface area contributed by atoms with Crippen LogP contribution in [0.3, 0.4) is 0 Å². The third-order valence-electron chi connectivity index (χ3n) is 3.68. The Labute approximate surface area is 140 Å². The molecule has 2 N–H and O–H groups in total. The fourth-order valence-electron chi connectivity index (χ4n) is 2.07. The van der Waals surface area contributed by atoms with E-state index in [0.29, 0.717) is 11.5 Å². The molecule has 1 atom stereocenters. The van der Waals surface area contributed by atoms with Crippen molar-refractivity contribution in [2.45, 2.75) is 26.2 Å². The first-order chi connectivity index (χ1) is 11.0. The first-order valence-electron chi connectivity index (χ1n) is 7.47. The van der Waals surface area contributed by atoms with Crippen LogP contribution in [0.2, 0.25) is 0 Å². The Morgan fingerprint density at radius 1 is 1.13 bits per heavy atom. The lowest BCUT2D eigenvalue weighted by atomic mass is 9.99. The normalized spacial score (nSPS) is 11.6. The van der Waals surface area contributed by atoms with Crippen LogP contribution in [0.25, 0.3) is 0 Å². The Morgan fingerprint density at radius 2 is 1.74 bits per heavy atom. The lowest BCUT2D eigenvalue weighted by Gasteiger charge is -2.12. The molecule has 1 unspecified atom stereocenters. The van der Waals surface area contributed by atoms with Crippen molar-refractivity contribution in [3.63, 3.8) is 0 Å². The Hall–Kier alpha value is -2.27. The topological polar surface area (TPSA) is 41.1 Å². The molecular formula is C18H19FN2OS. The Kier molecular flexibility index (Phi) is 5.82. The smallest absolute Gasteiger partial charge is 0.257 e. The molecule has 0 radical (unpaired) electrons. The third-order valence-corrected chi connectivity index (χ3v) is 3.89. The van der Waals surface area contributed by atoms with Crippen LogP contribution in [-0.4, -0.2) is 11.0 Å². The summed E-state index contributed by atoms with van der Waals surface area (Å²) >= 11 is 5.13. The fourth-order valence-corrected chi connectivity index (χ4v) is 2.28. The fraction of sp³-hybridized carbons (Fsp3) is 0.222. The van der Waals surface area contributed by atoms with Crippen molar-refractivity contribution in [3.8, 4) is 0 Å². The summed E-state index contributed by atoms with van der Waals surface area (Å²) in [5.41, 5.74) is 2.42. The highest BCUT2D eigenvalue weighted by atomic mass is 32.1. The molecule has 0 aliphatic carbocycles. The zero-order valence-electron chi connectivity index (χ0n) is 13.1. The van der Waals surface area contributed by atoms with Gasteiger partial charge in [0, 0.05) is 11.3 Å². The minimum atomic E-state index is -0.386. The first kappa shape index (κ1) is 17.1. The van der Waals surface area contributed by atoms with Gasteiger partial charge in [-0.05, 0) is 66.5 Å². The number of benzene rings is 2. The minimum absolute atomic E-state index is 0.204. The second-order valence-electron chi connectivity index (χ2n) is 5.35. The molecule has 5 heteroatoms. The first-order valence-corrected chi connectivity index (χ1v) is 7.88. The van der Waals surface area contributed by atoms with Crippen LogP contribution in [-0.2, 0) is 0 Å². The van der Waals surface area contributed by atoms with Crippen LogP contribution in [0.4, 0.5) is 10.1 Å². The molecular weight excluding hydrogens is 311 g/mol. The summed E-state index contributed by atoms with van der Waals surface area (Å²) in [5.74, 6) is -0.253. The van der Waals surface area contributed by atoms with Gasteiger partial charge < -0.3 is 5.32 Å². The van der Waals surface area contributed by atoms with Crippen molar-refractivity contribution in [3.05, 3.63) is 65.5 Å². The molecule has 3 nitrogen and oxygen atoms in total. The van der Waals surface area contributed by atoms with E-state index in [-0.39, 0.29) is 16.8 Å². The summed E-state index contributed by atoms with van der Waals surface area (Å²) in [4.78, 5) is 12.0. The van der Waals surface area contributed by atoms with Crippen molar-refractivity contribution < 1.29 is 9.18 Å². The number of carbonyl (C=O) groups is 1. The van der Waals surface area contributed by atoms with Crippen LogP contribution in [0.15, 0.2) is 48.5 Å². The molecule has 1 amide bonds. The number of hydrogen-bond donors (Lipinski definition) is 2. The summed E-state index contributed by atoms with van der Waals surface area (Å²) < 4.78 is 12.8. The molecule has 0 spiro atoms. The maximum Gasteiger partial charge on any atom is 0.257 e. The molecule has 0 bridgehead atoms. The molecule has 0 heterocycles. The number of halogens is 1. The zero-order chi connectivity index (χ0) is 16.8. The highest BCUT2D eigenvalue weighted by molar-refractivity contribution is 7.80. The number of rotatable bonds is 4. The van der Waals surface area contributed by atoms with Gasteiger partial charge in [-0.1, -0.05) is 26.0 Å². The van der Waals surface area contributed by atoms with E-state index in [1.54, 1.807) is 0 Å². The van der Waals surface area contributed by atoms with Gasteiger partial charge in [0.2, 0.25) is 0 Å². The van der Waals surface area contributed by atoms with E-state index in [2.05, 4.69) is 24.5 Å². The minimum Gasteiger partial charge on any atom is -0.332 e. The second kappa shape index (κ2) is 7.83. The van der Waals surface area contributed by atoms with Crippen LogP contribution in [0, 0.1) is 5.82 Å². The van der Waals surface area contributed by atoms with Gasteiger partial charge in [-0.2, -0.15) is 0 Å². The van der Waals surface area contributed by atoms with E-state index < -0.39 is 0 Å². The molecule has 0 fully saturated rings. The molecule has 2 aromatic rings. The maximum absolute atomic E-state index is 12.8. The van der Waals surface area contributed by atoms with Gasteiger partial charge in [0.05, 0.1) is 0 Å². The van der Waals surface area contributed by atoms with E-state index in [4.69, 9.17) is 12.2 Å². The lowest BCUT2D eigenvalue weighted by Crippen LogP contribution is -2.34. The van der Waals surface area contributed by atoms with E-state index >= 15 is 0 Å². The lowest BCUT2D eigenvalue weighted by molar-refractivity contribution is 0.0977. The summed E-state index contributed by atoms with van der Waals surface area (Å²) in [7, 11) is 0. The van der Waals surface area contributed by atoms with Crippen molar-refractivity contribution >= 4 is 28.9 Å². The molecule has 2 aromatic carbocycles. The SMILES string of the molecule is CCC(C)c1ccc(NC(=S)NC(=O)c2ccc(F)cc2)cc1. The molecule has 0 saturated heterocycles. The maximum atomic E-state index is 12.8. The Morgan fingerprint density at radius 3 is 2.30 bits per heavy atom. The van der Waals surface area contributed by atoms with Crippen LogP contribution in [0.1, 0.15) is 42.1 Å². The van der Waals surface area contributed by atoms with E-state index in [1.165, 1.54) is 29.8 Å². The van der Waals surface area contributed by atoms with E-state index in [0.717, 1.165) is 12.1 Å². The van der Waals surface area contributed by atoms with Gasteiger partial charge in [0.1, 0.15) is 5.82 Å². The summed E-state index contributed by atoms with van der Waals surface area (Å²) in [6.45, 7) is 4.33. The van der Waals surface area contributed by atoms with Gasteiger partial charge in [-0.3, -0.25) is 10.1 Å². The van der Waals surface area contributed by atoms with Crippen LogP contribution in [0.5, 0.6) is 0 Å². The van der Waals surface area contributed by atoms with Crippen molar-refractivity contribution in [2.24, 2.45) is 0 Å². The molecule has 23 heavy (non-hydrogen) atoms. The molecule has 120 valence electrons. The molecule has 0 aromatic heterocycles. The highest BCUT2D eigenvalue weighted by Gasteiger charge is 2.08. The second-order valence-corrected chi connectivity index (χ2v) is 5.75. The molecule has 0 aliphatic rings. The largest absolute Gasteiger partial charge is 0.332 e. The van der Waals surface area contributed by atoms with Gasteiger partial charge in [-0.25, -0.2) is 4.39 Å². The van der Waals surface area contributed by atoms with Gasteiger partial charge in [-0.15, -0.1) is 0 Å². The average molecular weight is 330 g/mol. The predicted molar refractivity (Wildman–Crippen MR) is 95.2 cm³/mol. The Balaban J connectivity index is 1.94. The highest BCUT2D eigenvalue weighted by Crippen LogP contribution is 2.20. The number of nitrogens with one attached hydrogen (secondary N) is 2. The van der Waals surface area contributed by atoms with Gasteiger partial charge >= 0.3 is 0 Å². The van der Waals surface area contributed by atoms with Crippen LogP contribution >= 0.6 is 12.2 Å². The van der Waals surface area contributed by atoms with Gasteiger partial charge in [0.25, 0.3) is 5.91 Å². The van der Waals surface area contributed by atoms with Crippen molar-refractivity contribution in [1.29, 1.82) is 0 Å². The molecule has 2 rings (SSSR count). The zero-order valence-corrected chi connectivity index (χ0v) is 13.9. The molecule has 0 aliphatic heterocycles. The number of amides is 1. The summed E-state index contributed by atoms with van der Waals surface area (Å²) in [6.07, 6.45) is 1.08.